The van der Waals surface area contributed by atoms with E-state index in [2.05, 4.69) is 11.0 Å². The van der Waals surface area contributed by atoms with Crippen molar-refractivity contribution in [2.24, 2.45) is 5.92 Å². The van der Waals surface area contributed by atoms with Crippen LogP contribution < -0.4 is 0 Å². The number of hydrogen-bond acceptors (Lipinski definition) is 4. The summed E-state index contributed by atoms with van der Waals surface area (Å²) in [5.41, 5.74) is 1.23. The van der Waals surface area contributed by atoms with Crippen LogP contribution in [0.5, 0.6) is 0 Å². The summed E-state index contributed by atoms with van der Waals surface area (Å²) in [6.07, 6.45) is 2.43. The molecule has 1 aromatic carbocycles. The first-order valence-corrected chi connectivity index (χ1v) is 8.20. The molecule has 0 amide bonds. The van der Waals surface area contributed by atoms with Gasteiger partial charge < -0.3 is 14.9 Å². The number of piperidine rings is 1. The molecule has 0 aromatic heterocycles. The second-order valence-electron chi connectivity index (χ2n) is 5.53. The molecule has 0 aliphatic carbocycles. The first-order chi connectivity index (χ1) is 11.3. The Morgan fingerprint density at radius 1 is 1.17 bits per heavy atom. The van der Waals surface area contributed by atoms with Crippen molar-refractivity contribution < 1.29 is 24.5 Å². The number of aliphatic carboxylic acids is 2. The Balaban J connectivity index is 0.000000413. The van der Waals surface area contributed by atoms with Gasteiger partial charge in [-0.15, -0.1) is 0 Å². The quantitative estimate of drug-likeness (QED) is 0.784. The Labute approximate surface area is 150 Å². The van der Waals surface area contributed by atoms with Crippen LogP contribution in [0.2, 0.25) is 10.0 Å². The minimum Gasteiger partial charge on any atom is -0.473 e. The second-order valence-corrected chi connectivity index (χ2v) is 6.35. The van der Waals surface area contributed by atoms with Crippen LogP contribution >= 0.6 is 23.2 Å². The largest absolute Gasteiger partial charge is 0.473 e. The molecular weight excluding hydrogens is 357 g/mol. The van der Waals surface area contributed by atoms with Crippen LogP contribution in [-0.4, -0.2) is 53.9 Å². The van der Waals surface area contributed by atoms with E-state index in [1.165, 1.54) is 18.4 Å². The second kappa shape index (κ2) is 10.5. The number of methoxy groups -OCH3 is 1. The topological polar surface area (TPSA) is 87.1 Å². The molecule has 0 unspecified atom stereocenters. The van der Waals surface area contributed by atoms with Crippen LogP contribution in [0.3, 0.4) is 0 Å². The lowest BCUT2D eigenvalue weighted by atomic mass is 9.97. The number of ether oxygens (including phenoxy) is 1. The van der Waals surface area contributed by atoms with Gasteiger partial charge in [-0.1, -0.05) is 29.3 Å². The van der Waals surface area contributed by atoms with Crippen LogP contribution in [0.15, 0.2) is 18.2 Å². The molecule has 1 heterocycles. The zero-order valence-corrected chi connectivity index (χ0v) is 14.9. The van der Waals surface area contributed by atoms with E-state index in [1.54, 1.807) is 7.11 Å². The summed E-state index contributed by atoms with van der Waals surface area (Å²) in [5.74, 6) is -2.93. The minimum absolute atomic E-state index is 0.624. The number of benzene rings is 1. The number of rotatable bonds is 4. The Morgan fingerprint density at radius 3 is 2.21 bits per heavy atom. The van der Waals surface area contributed by atoms with E-state index < -0.39 is 11.9 Å². The number of carboxylic acid groups (broad SMARTS) is 2. The van der Waals surface area contributed by atoms with Crippen molar-refractivity contribution >= 4 is 35.1 Å². The Kier molecular flexibility index (Phi) is 9.07. The molecule has 1 fully saturated rings. The maximum Gasteiger partial charge on any atom is 0.414 e. The molecule has 2 rings (SSSR count). The number of likely N-dealkylation sites (tertiary alicyclic amines) is 1. The van der Waals surface area contributed by atoms with Gasteiger partial charge in [0.2, 0.25) is 0 Å². The molecule has 0 atom stereocenters. The fraction of sp³-hybridized carbons (Fsp3) is 0.500. The summed E-state index contributed by atoms with van der Waals surface area (Å²) in [7, 11) is 1.78. The average molecular weight is 378 g/mol. The molecule has 1 saturated heterocycles. The third-order valence-corrected chi connectivity index (χ3v) is 4.42. The highest BCUT2D eigenvalue weighted by molar-refractivity contribution is 6.42. The van der Waals surface area contributed by atoms with Gasteiger partial charge in [-0.3, -0.25) is 4.90 Å². The van der Waals surface area contributed by atoms with Gasteiger partial charge in [-0.25, -0.2) is 9.59 Å². The highest BCUT2D eigenvalue weighted by Crippen LogP contribution is 2.24. The lowest BCUT2D eigenvalue weighted by molar-refractivity contribution is -0.159. The molecule has 0 spiro atoms. The molecule has 1 aliphatic heterocycles. The van der Waals surface area contributed by atoms with E-state index >= 15 is 0 Å². The number of carbonyl (C=O) groups is 2. The third-order valence-electron chi connectivity index (χ3n) is 3.68. The number of nitrogens with zero attached hydrogens (tertiary/aromatic N) is 1. The van der Waals surface area contributed by atoms with E-state index in [0.717, 1.165) is 32.2 Å². The molecule has 134 valence electrons. The molecule has 6 nitrogen and oxygen atoms in total. The molecule has 24 heavy (non-hydrogen) atoms. The smallest absolute Gasteiger partial charge is 0.414 e. The lowest BCUT2D eigenvalue weighted by Crippen LogP contribution is -2.34. The van der Waals surface area contributed by atoms with Gasteiger partial charge in [0.1, 0.15) is 0 Å². The zero-order valence-electron chi connectivity index (χ0n) is 13.4. The van der Waals surface area contributed by atoms with Crippen molar-refractivity contribution in [1.29, 1.82) is 0 Å². The number of hydrogen-bond donors (Lipinski definition) is 2. The molecule has 8 heteroatoms. The van der Waals surface area contributed by atoms with Crippen LogP contribution in [0.4, 0.5) is 0 Å². The summed E-state index contributed by atoms with van der Waals surface area (Å²) in [5, 5.41) is 16.0. The molecule has 0 bridgehead atoms. The molecule has 0 radical (unpaired) electrons. The predicted molar refractivity (Wildman–Crippen MR) is 91.6 cm³/mol. The predicted octanol–water partition coefficient (Wildman–Crippen LogP) is 3.01. The summed E-state index contributed by atoms with van der Waals surface area (Å²) in [6, 6.07) is 5.89. The van der Waals surface area contributed by atoms with Crippen molar-refractivity contribution in [2.45, 2.75) is 19.4 Å². The highest BCUT2D eigenvalue weighted by Gasteiger charge is 2.19. The SMILES string of the molecule is COCC1CCN(Cc2ccc(Cl)c(Cl)c2)CC1.O=C(O)C(=O)O. The van der Waals surface area contributed by atoms with Gasteiger partial charge in [-0.2, -0.15) is 0 Å². The lowest BCUT2D eigenvalue weighted by Gasteiger charge is -2.31. The van der Waals surface area contributed by atoms with Crippen molar-refractivity contribution in [2.75, 3.05) is 26.8 Å². The Hall–Kier alpha value is -1.34. The van der Waals surface area contributed by atoms with Gasteiger partial charge in [0.15, 0.2) is 0 Å². The van der Waals surface area contributed by atoms with E-state index in [0.29, 0.717) is 10.0 Å². The van der Waals surface area contributed by atoms with Crippen LogP contribution in [0.25, 0.3) is 0 Å². The summed E-state index contributed by atoms with van der Waals surface area (Å²) < 4.78 is 5.21. The first-order valence-electron chi connectivity index (χ1n) is 7.45. The van der Waals surface area contributed by atoms with Crippen LogP contribution in [-0.2, 0) is 20.9 Å². The van der Waals surface area contributed by atoms with Crippen LogP contribution in [0, 0.1) is 5.92 Å². The van der Waals surface area contributed by atoms with E-state index in [4.69, 9.17) is 47.7 Å². The van der Waals surface area contributed by atoms with Gasteiger partial charge >= 0.3 is 11.9 Å². The van der Waals surface area contributed by atoms with Gasteiger partial charge in [0.25, 0.3) is 0 Å². The van der Waals surface area contributed by atoms with E-state index in [1.807, 2.05) is 12.1 Å². The van der Waals surface area contributed by atoms with Crippen LogP contribution in [0.1, 0.15) is 18.4 Å². The summed E-state index contributed by atoms with van der Waals surface area (Å²) in [6.45, 7) is 4.11. The van der Waals surface area contributed by atoms with E-state index in [-0.39, 0.29) is 0 Å². The highest BCUT2D eigenvalue weighted by atomic mass is 35.5. The average Bonchev–Trinajstić information content (AvgIpc) is 2.53. The molecule has 1 aliphatic rings. The Bertz CT molecular complexity index is 547. The van der Waals surface area contributed by atoms with Crippen molar-refractivity contribution in [3.8, 4) is 0 Å². The molecule has 2 N–H and O–H groups in total. The first kappa shape index (κ1) is 20.7. The fourth-order valence-corrected chi connectivity index (χ4v) is 2.76. The monoisotopic (exact) mass is 377 g/mol. The van der Waals surface area contributed by atoms with Crippen molar-refractivity contribution in [3.05, 3.63) is 33.8 Å². The number of carboxylic acids is 2. The van der Waals surface area contributed by atoms with Gasteiger partial charge in [0, 0.05) is 20.3 Å². The maximum absolute atomic E-state index is 9.10. The van der Waals surface area contributed by atoms with Gasteiger partial charge in [0.05, 0.1) is 10.0 Å². The van der Waals surface area contributed by atoms with E-state index in [9.17, 15) is 0 Å². The molecule has 0 saturated carbocycles. The standard InChI is InChI=1S/C14H19Cl2NO.C2H2O4/c1-18-10-11-4-6-17(7-5-11)9-12-2-3-13(15)14(16)8-12;3-1(4)2(5)6/h2-3,8,11H,4-7,9-10H2,1H3;(H,3,4)(H,5,6). The normalized spacial score (nSPS) is 15.5. The van der Waals surface area contributed by atoms with Gasteiger partial charge in [-0.05, 0) is 49.5 Å². The van der Waals surface area contributed by atoms with Crippen molar-refractivity contribution in [3.63, 3.8) is 0 Å². The summed E-state index contributed by atoms with van der Waals surface area (Å²) >= 11 is 11.9. The Morgan fingerprint density at radius 2 is 1.75 bits per heavy atom. The molecular formula is C16H21Cl2NO5. The molecule has 1 aromatic rings. The number of halogens is 2. The zero-order chi connectivity index (χ0) is 18.1. The third kappa shape index (κ3) is 7.49. The summed E-state index contributed by atoms with van der Waals surface area (Å²) in [4.78, 5) is 20.7. The van der Waals surface area contributed by atoms with Crippen molar-refractivity contribution in [1.82, 2.24) is 4.90 Å². The minimum atomic E-state index is -1.82. The fourth-order valence-electron chi connectivity index (χ4n) is 2.44. The maximum atomic E-state index is 9.10.